The summed E-state index contributed by atoms with van der Waals surface area (Å²) in [5.41, 5.74) is 8.33. The summed E-state index contributed by atoms with van der Waals surface area (Å²) in [6, 6.07) is 6.17. The van der Waals surface area contributed by atoms with Crippen molar-refractivity contribution in [2.24, 2.45) is 5.92 Å². The summed E-state index contributed by atoms with van der Waals surface area (Å²) in [6.07, 6.45) is 4.76. The van der Waals surface area contributed by atoms with E-state index in [4.69, 9.17) is 4.42 Å². The van der Waals surface area contributed by atoms with Crippen LogP contribution in [0.25, 0.3) is 27.8 Å². The summed E-state index contributed by atoms with van der Waals surface area (Å²) >= 11 is 0. The number of pyridine rings is 1. The summed E-state index contributed by atoms with van der Waals surface area (Å²) in [6.45, 7) is 6.11. The lowest BCUT2D eigenvalue weighted by molar-refractivity contribution is -0.133. The SMILES string of the molecule is Cc1ccc2c(n1)oc1c(C3=C4C=CC(CCC(F)(F)F)=CC4C=CN3C)c(C)c(C)cc12. The van der Waals surface area contributed by atoms with Gasteiger partial charge in [0.1, 0.15) is 5.58 Å². The fourth-order valence-electron chi connectivity index (χ4n) is 4.75. The van der Waals surface area contributed by atoms with Crippen molar-refractivity contribution in [3.05, 3.63) is 82.2 Å². The van der Waals surface area contributed by atoms with Crippen LogP contribution in [0.4, 0.5) is 13.2 Å². The van der Waals surface area contributed by atoms with Crippen LogP contribution in [0.1, 0.15) is 35.2 Å². The molecular weight excluding hydrogens is 425 g/mol. The average molecular weight is 451 g/mol. The number of fused-ring (bicyclic) bond motifs is 4. The summed E-state index contributed by atoms with van der Waals surface area (Å²) in [5.74, 6) is -0.0795. The Morgan fingerprint density at radius 2 is 1.88 bits per heavy atom. The molecule has 6 heteroatoms. The Morgan fingerprint density at radius 3 is 2.64 bits per heavy atom. The number of allylic oxidation sites excluding steroid dienone is 6. The van der Waals surface area contributed by atoms with Crippen LogP contribution < -0.4 is 0 Å². The number of hydrogen-bond donors (Lipinski definition) is 0. The summed E-state index contributed by atoms with van der Waals surface area (Å²) in [7, 11) is 1.99. The number of hydrogen-bond acceptors (Lipinski definition) is 3. The molecule has 0 amide bonds. The molecule has 0 radical (unpaired) electrons. The fraction of sp³-hybridized carbons (Fsp3) is 0.296. The van der Waals surface area contributed by atoms with Gasteiger partial charge < -0.3 is 9.32 Å². The van der Waals surface area contributed by atoms with Gasteiger partial charge in [-0.2, -0.15) is 13.2 Å². The Morgan fingerprint density at radius 1 is 1.09 bits per heavy atom. The van der Waals surface area contributed by atoms with Crippen LogP contribution in [-0.2, 0) is 0 Å². The molecule has 0 N–H and O–H groups in total. The number of benzene rings is 1. The van der Waals surface area contributed by atoms with Gasteiger partial charge in [0, 0.05) is 47.6 Å². The van der Waals surface area contributed by atoms with E-state index in [0.29, 0.717) is 11.3 Å². The number of furan rings is 1. The van der Waals surface area contributed by atoms with Gasteiger partial charge in [0.15, 0.2) is 0 Å². The summed E-state index contributed by atoms with van der Waals surface area (Å²) in [4.78, 5) is 6.65. The van der Waals surface area contributed by atoms with Gasteiger partial charge in [0.2, 0.25) is 5.71 Å². The van der Waals surface area contributed by atoms with E-state index < -0.39 is 12.6 Å². The van der Waals surface area contributed by atoms with E-state index >= 15 is 0 Å². The molecule has 0 saturated heterocycles. The van der Waals surface area contributed by atoms with Gasteiger partial charge >= 0.3 is 6.18 Å². The van der Waals surface area contributed by atoms with E-state index in [1.807, 2.05) is 56.6 Å². The van der Waals surface area contributed by atoms with Crippen LogP contribution in [0, 0.1) is 26.7 Å². The predicted octanol–water partition coefficient (Wildman–Crippen LogP) is 7.53. The third-order valence-electron chi connectivity index (χ3n) is 6.59. The topological polar surface area (TPSA) is 29.3 Å². The molecule has 3 heterocycles. The first-order valence-corrected chi connectivity index (χ1v) is 11.0. The number of aryl methyl sites for hydroxylation is 2. The van der Waals surface area contributed by atoms with Gasteiger partial charge in [-0.1, -0.05) is 29.9 Å². The molecule has 1 unspecified atom stereocenters. The maximum absolute atomic E-state index is 12.7. The highest BCUT2D eigenvalue weighted by atomic mass is 19.4. The smallest absolute Gasteiger partial charge is 0.389 e. The molecule has 1 aliphatic carbocycles. The lowest BCUT2D eigenvalue weighted by Gasteiger charge is -2.32. The predicted molar refractivity (Wildman–Crippen MR) is 126 cm³/mol. The van der Waals surface area contributed by atoms with E-state index in [2.05, 4.69) is 29.8 Å². The zero-order valence-corrected chi connectivity index (χ0v) is 19.0. The van der Waals surface area contributed by atoms with Gasteiger partial charge in [-0.05, 0) is 62.1 Å². The van der Waals surface area contributed by atoms with Crippen molar-refractivity contribution in [1.29, 1.82) is 0 Å². The zero-order valence-electron chi connectivity index (χ0n) is 19.0. The Bertz CT molecular complexity index is 1400. The third-order valence-corrected chi connectivity index (χ3v) is 6.59. The Balaban J connectivity index is 1.68. The van der Waals surface area contributed by atoms with Gasteiger partial charge in [-0.3, -0.25) is 0 Å². The molecule has 0 saturated carbocycles. The van der Waals surface area contributed by atoms with Crippen LogP contribution in [-0.4, -0.2) is 23.1 Å². The van der Waals surface area contributed by atoms with E-state index in [0.717, 1.165) is 50.0 Å². The molecule has 1 aromatic carbocycles. The van der Waals surface area contributed by atoms with Gasteiger partial charge in [-0.25, -0.2) is 4.98 Å². The molecule has 3 nitrogen and oxygen atoms in total. The third kappa shape index (κ3) is 3.77. The van der Waals surface area contributed by atoms with Crippen molar-refractivity contribution in [3.63, 3.8) is 0 Å². The Hall–Kier alpha value is -3.28. The van der Waals surface area contributed by atoms with Crippen LogP contribution in [0.2, 0.25) is 0 Å². The minimum atomic E-state index is -4.16. The van der Waals surface area contributed by atoms with E-state index in [1.165, 1.54) is 0 Å². The van der Waals surface area contributed by atoms with Gasteiger partial charge in [0.05, 0.1) is 5.70 Å². The minimum Gasteiger partial charge on any atom is -0.437 e. The summed E-state index contributed by atoms with van der Waals surface area (Å²) < 4.78 is 44.5. The van der Waals surface area contributed by atoms with E-state index in [1.54, 1.807) is 0 Å². The first-order valence-electron chi connectivity index (χ1n) is 11.0. The molecule has 0 spiro atoms. The maximum atomic E-state index is 12.7. The standard InChI is InChI=1S/C27H25F3N2O/c1-15-13-22-21-7-5-16(2)31-26(21)33-25(22)23(17(15)3)24-20-8-6-18(9-11-27(28,29)30)14-19(20)10-12-32(24)4/h5-8,10,12-14,19H,9,11H2,1-4H3. The lowest BCUT2D eigenvalue weighted by Crippen LogP contribution is -2.21. The molecule has 1 aliphatic heterocycles. The van der Waals surface area contributed by atoms with Crippen molar-refractivity contribution in [2.45, 2.75) is 39.8 Å². The van der Waals surface area contributed by atoms with Crippen molar-refractivity contribution < 1.29 is 17.6 Å². The normalized spacial score (nSPS) is 18.5. The van der Waals surface area contributed by atoms with Gasteiger partial charge in [-0.15, -0.1) is 0 Å². The van der Waals surface area contributed by atoms with Crippen molar-refractivity contribution in [3.8, 4) is 0 Å². The molecular formula is C27H25F3N2O. The van der Waals surface area contributed by atoms with Crippen LogP contribution >= 0.6 is 0 Å². The number of aromatic nitrogens is 1. The highest BCUT2D eigenvalue weighted by Gasteiger charge is 2.30. The monoisotopic (exact) mass is 450 g/mol. The molecule has 1 atom stereocenters. The molecule has 2 aliphatic rings. The molecule has 3 aromatic rings. The van der Waals surface area contributed by atoms with Crippen molar-refractivity contribution in [2.75, 3.05) is 7.05 Å². The first kappa shape index (κ1) is 21.6. The minimum absolute atomic E-state index is 0.00882. The number of halogens is 3. The molecule has 0 bridgehead atoms. The first-order chi connectivity index (χ1) is 15.6. The Kier molecular flexibility index (Phi) is 5.00. The van der Waals surface area contributed by atoms with Crippen LogP contribution in [0.15, 0.2) is 64.3 Å². The molecule has 5 rings (SSSR count). The number of alkyl halides is 3. The van der Waals surface area contributed by atoms with Gasteiger partial charge in [0.25, 0.3) is 0 Å². The molecule has 0 fully saturated rings. The second-order valence-electron chi connectivity index (χ2n) is 8.95. The van der Waals surface area contributed by atoms with Crippen LogP contribution in [0.3, 0.4) is 0 Å². The van der Waals surface area contributed by atoms with Crippen molar-refractivity contribution in [1.82, 2.24) is 9.88 Å². The number of nitrogens with zero attached hydrogens (tertiary/aromatic N) is 2. The highest BCUT2D eigenvalue weighted by Crippen LogP contribution is 2.43. The molecule has 33 heavy (non-hydrogen) atoms. The largest absolute Gasteiger partial charge is 0.437 e. The quantitative estimate of drug-likeness (QED) is 0.413. The second-order valence-corrected chi connectivity index (χ2v) is 8.95. The number of rotatable bonds is 3. The summed E-state index contributed by atoms with van der Waals surface area (Å²) in [5, 5.41) is 1.99. The van der Waals surface area contributed by atoms with E-state index in [9.17, 15) is 13.2 Å². The average Bonchev–Trinajstić information content (AvgIpc) is 3.10. The van der Waals surface area contributed by atoms with Crippen LogP contribution in [0.5, 0.6) is 0 Å². The van der Waals surface area contributed by atoms with E-state index in [-0.39, 0.29) is 12.3 Å². The maximum Gasteiger partial charge on any atom is 0.389 e. The highest BCUT2D eigenvalue weighted by molar-refractivity contribution is 6.08. The molecule has 2 aromatic heterocycles. The van der Waals surface area contributed by atoms with Crippen molar-refractivity contribution >= 4 is 27.8 Å². The Labute approximate surface area is 190 Å². The second kappa shape index (κ2) is 7.65. The molecule has 170 valence electrons. The zero-order chi connectivity index (χ0) is 23.5. The lowest BCUT2D eigenvalue weighted by atomic mass is 9.83. The fourth-order valence-corrected chi connectivity index (χ4v) is 4.75.